The maximum absolute atomic E-state index is 11.6. The number of rotatable bonds is 4. The van der Waals surface area contributed by atoms with Gasteiger partial charge >= 0.3 is 5.97 Å². The Labute approximate surface area is 107 Å². The van der Waals surface area contributed by atoms with Crippen LogP contribution in [0.2, 0.25) is 0 Å². The van der Waals surface area contributed by atoms with E-state index in [0.29, 0.717) is 6.61 Å². The summed E-state index contributed by atoms with van der Waals surface area (Å²) in [4.78, 5) is 11.6. The Balaban J connectivity index is 1.97. The van der Waals surface area contributed by atoms with E-state index < -0.39 is 0 Å². The number of hydrogen-bond acceptors (Lipinski definition) is 4. The highest BCUT2D eigenvalue weighted by molar-refractivity contribution is 5.76. The molecule has 1 aromatic carbocycles. The molecule has 0 spiro atoms. The summed E-state index contributed by atoms with van der Waals surface area (Å²) < 4.78 is 10.2. The van der Waals surface area contributed by atoms with Crippen LogP contribution >= 0.6 is 0 Å². The van der Waals surface area contributed by atoms with E-state index in [1.165, 1.54) is 5.56 Å². The quantitative estimate of drug-likeness (QED) is 0.830. The summed E-state index contributed by atoms with van der Waals surface area (Å²) in [6.07, 6.45) is 1.78. The minimum Gasteiger partial charge on any atom is -0.497 e. The normalized spacial score (nSPS) is 22.8. The minimum absolute atomic E-state index is 0.145. The molecule has 1 aliphatic rings. The summed E-state index contributed by atoms with van der Waals surface area (Å²) >= 11 is 0. The molecule has 1 saturated heterocycles. The molecule has 0 aliphatic carbocycles. The van der Waals surface area contributed by atoms with Gasteiger partial charge in [-0.25, -0.2) is 0 Å². The number of methoxy groups -OCH3 is 1. The van der Waals surface area contributed by atoms with Crippen molar-refractivity contribution in [1.82, 2.24) is 5.32 Å². The van der Waals surface area contributed by atoms with Gasteiger partial charge in [0.25, 0.3) is 0 Å². The predicted octanol–water partition coefficient (Wildman–Crippen LogP) is 2.05. The highest BCUT2D eigenvalue weighted by atomic mass is 16.5. The van der Waals surface area contributed by atoms with Crippen LogP contribution < -0.4 is 10.1 Å². The Morgan fingerprint density at radius 2 is 2.06 bits per heavy atom. The molecule has 0 aromatic heterocycles. The number of esters is 1. The van der Waals surface area contributed by atoms with Crippen LogP contribution in [0.3, 0.4) is 0 Å². The lowest BCUT2D eigenvalue weighted by Gasteiger charge is -2.14. The fraction of sp³-hybridized carbons (Fsp3) is 0.500. The lowest BCUT2D eigenvalue weighted by molar-refractivity contribution is -0.145. The summed E-state index contributed by atoms with van der Waals surface area (Å²) in [6, 6.07) is 8.00. The summed E-state index contributed by atoms with van der Waals surface area (Å²) in [5.41, 5.74) is 1.18. The van der Waals surface area contributed by atoms with Crippen LogP contribution in [0.25, 0.3) is 0 Å². The molecule has 1 aliphatic heterocycles. The van der Waals surface area contributed by atoms with Crippen LogP contribution in [0.5, 0.6) is 5.75 Å². The average molecular weight is 249 g/mol. The van der Waals surface area contributed by atoms with E-state index in [4.69, 9.17) is 9.47 Å². The lowest BCUT2D eigenvalue weighted by Crippen LogP contribution is -2.33. The average Bonchev–Trinajstić information content (AvgIpc) is 2.89. The van der Waals surface area contributed by atoms with Crippen molar-refractivity contribution in [2.24, 2.45) is 0 Å². The van der Waals surface area contributed by atoms with E-state index in [9.17, 15) is 4.79 Å². The third kappa shape index (κ3) is 2.82. The fourth-order valence-corrected chi connectivity index (χ4v) is 2.27. The second-order valence-electron chi connectivity index (χ2n) is 4.37. The largest absolute Gasteiger partial charge is 0.497 e. The van der Waals surface area contributed by atoms with Crippen molar-refractivity contribution >= 4 is 5.97 Å². The van der Waals surface area contributed by atoms with E-state index in [1.54, 1.807) is 7.11 Å². The zero-order valence-corrected chi connectivity index (χ0v) is 10.8. The molecule has 0 unspecified atom stereocenters. The molecule has 2 atom stereocenters. The van der Waals surface area contributed by atoms with E-state index >= 15 is 0 Å². The van der Waals surface area contributed by atoms with Gasteiger partial charge in [-0.15, -0.1) is 0 Å². The van der Waals surface area contributed by atoms with E-state index in [1.807, 2.05) is 31.2 Å². The van der Waals surface area contributed by atoms with Crippen molar-refractivity contribution in [3.05, 3.63) is 29.8 Å². The highest BCUT2D eigenvalue weighted by Gasteiger charge is 2.30. The maximum atomic E-state index is 11.6. The first kappa shape index (κ1) is 12.9. The van der Waals surface area contributed by atoms with Gasteiger partial charge in [0.15, 0.2) is 0 Å². The van der Waals surface area contributed by atoms with Crippen molar-refractivity contribution in [3.63, 3.8) is 0 Å². The summed E-state index contributed by atoms with van der Waals surface area (Å²) in [5.74, 6) is 0.701. The number of carbonyl (C=O) groups is 1. The van der Waals surface area contributed by atoms with E-state index in [-0.39, 0.29) is 18.1 Å². The molecule has 98 valence electrons. The van der Waals surface area contributed by atoms with Crippen LogP contribution in [0.1, 0.15) is 31.4 Å². The number of hydrogen-bond donors (Lipinski definition) is 1. The zero-order chi connectivity index (χ0) is 13.0. The first-order chi connectivity index (χ1) is 8.74. The van der Waals surface area contributed by atoms with Gasteiger partial charge in [-0.05, 0) is 37.5 Å². The van der Waals surface area contributed by atoms with E-state index in [0.717, 1.165) is 18.6 Å². The second-order valence-corrected chi connectivity index (χ2v) is 4.37. The molecule has 0 radical (unpaired) electrons. The lowest BCUT2D eigenvalue weighted by atomic mass is 10.1. The molecule has 1 N–H and O–H groups in total. The van der Waals surface area contributed by atoms with Gasteiger partial charge in [-0.1, -0.05) is 12.1 Å². The van der Waals surface area contributed by atoms with Gasteiger partial charge in [0.2, 0.25) is 0 Å². The van der Waals surface area contributed by atoms with Gasteiger partial charge in [0, 0.05) is 6.04 Å². The Kier molecular flexibility index (Phi) is 4.20. The molecule has 0 bridgehead atoms. The summed E-state index contributed by atoms with van der Waals surface area (Å²) in [5, 5.41) is 3.31. The number of ether oxygens (including phenoxy) is 2. The minimum atomic E-state index is -0.169. The van der Waals surface area contributed by atoms with E-state index in [2.05, 4.69) is 5.32 Å². The molecule has 0 amide bonds. The third-order valence-corrected chi connectivity index (χ3v) is 3.24. The summed E-state index contributed by atoms with van der Waals surface area (Å²) in [6.45, 7) is 2.26. The Morgan fingerprint density at radius 3 is 2.67 bits per heavy atom. The Morgan fingerprint density at radius 1 is 1.33 bits per heavy atom. The highest BCUT2D eigenvalue weighted by Crippen LogP contribution is 2.28. The van der Waals surface area contributed by atoms with Gasteiger partial charge in [-0.3, -0.25) is 10.1 Å². The fourth-order valence-electron chi connectivity index (χ4n) is 2.27. The molecule has 18 heavy (non-hydrogen) atoms. The van der Waals surface area contributed by atoms with Crippen LogP contribution in [-0.4, -0.2) is 25.7 Å². The van der Waals surface area contributed by atoms with Crippen molar-refractivity contribution in [1.29, 1.82) is 0 Å². The van der Waals surface area contributed by atoms with Crippen LogP contribution in [0.4, 0.5) is 0 Å². The molecule has 4 heteroatoms. The molecule has 1 aromatic rings. The van der Waals surface area contributed by atoms with Crippen molar-refractivity contribution in [2.75, 3.05) is 13.7 Å². The smallest absolute Gasteiger partial charge is 0.323 e. The van der Waals surface area contributed by atoms with Gasteiger partial charge < -0.3 is 9.47 Å². The van der Waals surface area contributed by atoms with Gasteiger partial charge in [0.1, 0.15) is 11.8 Å². The van der Waals surface area contributed by atoms with Crippen LogP contribution in [-0.2, 0) is 9.53 Å². The first-order valence-corrected chi connectivity index (χ1v) is 6.31. The zero-order valence-electron chi connectivity index (χ0n) is 10.8. The molecule has 4 nitrogen and oxygen atoms in total. The number of nitrogens with one attached hydrogen (secondary N) is 1. The van der Waals surface area contributed by atoms with Gasteiger partial charge in [-0.2, -0.15) is 0 Å². The monoisotopic (exact) mass is 249 g/mol. The second kappa shape index (κ2) is 5.87. The first-order valence-electron chi connectivity index (χ1n) is 6.31. The topological polar surface area (TPSA) is 47.6 Å². The van der Waals surface area contributed by atoms with Crippen molar-refractivity contribution in [2.45, 2.75) is 31.8 Å². The Hall–Kier alpha value is -1.55. The Bertz CT molecular complexity index is 402. The van der Waals surface area contributed by atoms with Crippen molar-refractivity contribution < 1.29 is 14.3 Å². The summed E-state index contributed by atoms with van der Waals surface area (Å²) in [7, 11) is 1.65. The SMILES string of the molecule is CCOC(=O)[C@H]1CC[C@H](c2ccc(OC)cc2)N1. The van der Waals surface area contributed by atoms with Crippen LogP contribution in [0, 0.1) is 0 Å². The van der Waals surface area contributed by atoms with Gasteiger partial charge in [0.05, 0.1) is 13.7 Å². The molecule has 0 saturated carbocycles. The number of benzene rings is 1. The van der Waals surface area contributed by atoms with Crippen LogP contribution in [0.15, 0.2) is 24.3 Å². The molecular weight excluding hydrogens is 230 g/mol. The predicted molar refractivity (Wildman–Crippen MR) is 68.5 cm³/mol. The maximum Gasteiger partial charge on any atom is 0.323 e. The standard InChI is InChI=1S/C14H19NO3/c1-3-18-14(16)13-9-8-12(15-13)10-4-6-11(17-2)7-5-10/h4-7,12-13,15H,3,8-9H2,1-2H3/t12-,13-/m1/s1. The third-order valence-electron chi connectivity index (χ3n) is 3.24. The number of carbonyl (C=O) groups excluding carboxylic acids is 1. The molecular formula is C14H19NO3. The molecule has 1 fully saturated rings. The molecule has 2 rings (SSSR count). The van der Waals surface area contributed by atoms with Crippen molar-refractivity contribution in [3.8, 4) is 5.75 Å². The molecule has 1 heterocycles.